The molecule has 7 heteroatoms. The van der Waals surface area contributed by atoms with Gasteiger partial charge in [-0.2, -0.15) is 0 Å². The predicted molar refractivity (Wildman–Crippen MR) is 114 cm³/mol. The van der Waals surface area contributed by atoms with Crippen LogP contribution >= 0.6 is 11.8 Å². The van der Waals surface area contributed by atoms with Crippen LogP contribution < -0.4 is 0 Å². The molecule has 3 aliphatic heterocycles. The lowest BCUT2D eigenvalue weighted by molar-refractivity contribution is -0.129. The molecule has 6 rings (SSSR count). The van der Waals surface area contributed by atoms with Crippen LogP contribution in [-0.2, 0) is 10.5 Å². The van der Waals surface area contributed by atoms with Gasteiger partial charge in [-0.15, -0.1) is 11.8 Å². The van der Waals surface area contributed by atoms with Crippen molar-refractivity contribution in [1.29, 1.82) is 0 Å². The summed E-state index contributed by atoms with van der Waals surface area (Å²) in [6.07, 6.45) is 3.36. The van der Waals surface area contributed by atoms with Gasteiger partial charge in [-0.3, -0.25) is 9.80 Å². The molecule has 31 heavy (non-hydrogen) atoms. The van der Waals surface area contributed by atoms with Crippen molar-refractivity contribution in [2.45, 2.75) is 35.6 Å². The molecule has 1 fully saturated rings. The normalized spacial score (nSPS) is 26.4. The number of hydrazine groups is 1. The number of carbonyl (C=O) groups excluding carboxylic acids is 1. The molecule has 2 aromatic carbocycles. The van der Waals surface area contributed by atoms with E-state index in [-0.39, 0.29) is 23.3 Å². The van der Waals surface area contributed by atoms with E-state index in [9.17, 15) is 19.4 Å². The van der Waals surface area contributed by atoms with Crippen LogP contribution in [-0.4, -0.2) is 38.7 Å². The maximum Gasteiger partial charge on any atom is 0.216 e. The number of carbonyl (C=O) groups is 1. The van der Waals surface area contributed by atoms with Gasteiger partial charge in [0.1, 0.15) is 23.4 Å². The summed E-state index contributed by atoms with van der Waals surface area (Å²) in [6.45, 7) is 0.510. The molecule has 1 spiro atoms. The second-order valence-electron chi connectivity index (χ2n) is 8.62. The lowest BCUT2D eigenvalue weighted by Gasteiger charge is -2.48. The van der Waals surface area contributed by atoms with Crippen LogP contribution in [0.25, 0.3) is 0 Å². The average molecular weight is 437 g/mol. The van der Waals surface area contributed by atoms with E-state index in [2.05, 4.69) is 17.1 Å². The van der Waals surface area contributed by atoms with Gasteiger partial charge in [0.05, 0.1) is 6.04 Å². The first-order chi connectivity index (χ1) is 15.0. The lowest BCUT2D eigenvalue weighted by Crippen LogP contribution is -2.53. The molecule has 3 heterocycles. The molecule has 5 nitrogen and oxygen atoms in total. The number of Topliss-reactive ketones (excluding diaryl/α,β-unsaturated/α-hetero) is 1. The van der Waals surface area contributed by atoms with Gasteiger partial charge >= 0.3 is 0 Å². The van der Waals surface area contributed by atoms with E-state index in [1.54, 1.807) is 17.3 Å². The van der Waals surface area contributed by atoms with Gasteiger partial charge < -0.3 is 10.2 Å². The molecule has 0 aromatic heterocycles. The maximum absolute atomic E-state index is 14.9. The highest BCUT2D eigenvalue weighted by Gasteiger charge is 2.57. The molecule has 4 aliphatic rings. The van der Waals surface area contributed by atoms with Crippen LogP contribution in [0.4, 0.5) is 4.39 Å². The van der Waals surface area contributed by atoms with Gasteiger partial charge in [0.2, 0.25) is 5.78 Å². The summed E-state index contributed by atoms with van der Waals surface area (Å²) in [5.74, 6) is -0.0431. The topological polar surface area (TPSA) is 64.0 Å². The van der Waals surface area contributed by atoms with Crippen molar-refractivity contribution in [3.8, 4) is 0 Å². The third-order valence-corrected chi connectivity index (χ3v) is 7.95. The SMILES string of the molecule is O=C1C2=C(O)C3(CC3)CN(C3c4ccccc4CSc4c(F)cccc43)N2C=CC1O. The van der Waals surface area contributed by atoms with Crippen LogP contribution in [0.3, 0.4) is 0 Å². The third kappa shape index (κ3) is 2.73. The summed E-state index contributed by atoms with van der Waals surface area (Å²) in [6, 6.07) is 12.9. The highest BCUT2D eigenvalue weighted by Crippen LogP contribution is 2.58. The number of ketones is 1. The van der Waals surface area contributed by atoms with Crippen LogP contribution in [0, 0.1) is 11.2 Å². The number of fused-ring (bicyclic) bond motifs is 3. The van der Waals surface area contributed by atoms with Crippen molar-refractivity contribution >= 4 is 17.5 Å². The number of hydrogen-bond donors (Lipinski definition) is 2. The number of hydrogen-bond acceptors (Lipinski definition) is 6. The Balaban J connectivity index is 1.59. The van der Waals surface area contributed by atoms with Crippen molar-refractivity contribution < 1.29 is 19.4 Å². The molecule has 0 amide bonds. The van der Waals surface area contributed by atoms with Gasteiger partial charge in [0.25, 0.3) is 0 Å². The Bertz CT molecular complexity index is 1170. The lowest BCUT2D eigenvalue weighted by atomic mass is 9.90. The summed E-state index contributed by atoms with van der Waals surface area (Å²) in [5, 5.41) is 24.8. The molecule has 2 atom stereocenters. The summed E-state index contributed by atoms with van der Waals surface area (Å²) >= 11 is 1.49. The molecule has 1 aliphatic carbocycles. The molecule has 1 saturated carbocycles. The molecule has 0 radical (unpaired) electrons. The van der Waals surface area contributed by atoms with Gasteiger partial charge in [-0.05, 0) is 41.7 Å². The van der Waals surface area contributed by atoms with E-state index >= 15 is 0 Å². The summed E-state index contributed by atoms with van der Waals surface area (Å²) in [7, 11) is 0. The first kappa shape index (κ1) is 19.1. The second kappa shape index (κ2) is 6.69. The number of aliphatic hydroxyl groups is 2. The zero-order valence-corrected chi connectivity index (χ0v) is 17.5. The molecule has 2 aromatic rings. The fourth-order valence-electron chi connectivity index (χ4n) is 4.96. The average Bonchev–Trinajstić information content (AvgIpc) is 3.56. The van der Waals surface area contributed by atoms with E-state index in [0.29, 0.717) is 17.2 Å². The number of aliphatic hydroxyl groups excluding tert-OH is 2. The van der Waals surface area contributed by atoms with Crippen LogP contribution in [0.5, 0.6) is 0 Å². The number of thioether (sulfide) groups is 1. The number of halogens is 1. The molecule has 158 valence electrons. The standard InChI is InChI=1S/C24H21FN2O3S/c25-17-7-3-6-16-19(15-5-2-1-4-14(15)12-31-22(16)17)27-13-24(9-10-24)23(30)20-21(29)18(28)8-11-26(20)27/h1-8,11,18-19,28,30H,9-10,12-13H2. The Morgan fingerprint density at radius 1 is 1.10 bits per heavy atom. The fourth-order valence-corrected chi connectivity index (χ4v) is 6.07. The van der Waals surface area contributed by atoms with Gasteiger partial charge in [0.15, 0.2) is 0 Å². The van der Waals surface area contributed by atoms with Gasteiger partial charge in [-0.25, -0.2) is 9.40 Å². The van der Waals surface area contributed by atoms with Crippen molar-refractivity contribution in [2.75, 3.05) is 6.54 Å². The predicted octanol–water partition coefficient (Wildman–Crippen LogP) is 4.06. The van der Waals surface area contributed by atoms with Gasteiger partial charge in [0, 0.05) is 28.8 Å². The highest BCUT2D eigenvalue weighted by molar-refractivity contribution is 7.98. The monoisotopic (exact) mass is 436 g/mol. The van der Waals surface area contributed by atoms with Crippen LogP contribution in [0.1, 0.15) is 35.6 Å². The minimum atomic E-state index is -1.27. The Kier molecular flexibility index (Phi) is 4.12. The quantitative estimate of drug-likeness (QED) is 0.703. The van der Waals surface area contributed by atoms with Crippen molar-refractivity contribution in [1.82, 2.24) is 10.0 Å². The molecule has 0 bridgehead atoms. The van der Waals surface area contributed by atoms with Crippen LogP contribution in [0.15, 0.2) is 71.1 Å². The zero-order valence-electron chi connectivity index (χ0n) is 16.7. The molecular formula is C24H21FN2O3S. The van der Waals surface area contributed by atoms with Crippen molar-refractivity contribution in [2.24, 2.45) is 5.41 Å². The Hall–Kier alpha value is -2.61. The van der Waals surface area contributed by atoms with E-state index < -0.39 is 17.3 Å². The molecule has 2 unspecified atom stereocenters. The molecule has 2 N–H and O–H groups in total. The van der Waals surface area contributed by atoms with E-state index in [1.807, 2.05) is 18.2 Å². The maximum atomic E-state index is 14.9. The minimum Gasteiger partial charge on any atom is -0.509 e. The number of nitrogens with zero attached hydrogens (tertiary/aromatic N) is 2. The zero-order chi connectivity index (χ0) is 21.3. The van der Waals surface area contributed by atoms with E-state index in [4.69, 9.17) is 0 Å². The summed E-state index contributed by atoms with van der Waals surface area (Å²) in [4.78, 5) is 13.5. The highest BCUT2D eigenvalue weighted by atomic mass is 32.2. The smallest absolute Gasteiger partial charge is 0.216 e. The Labute approximate surface area is 183 Å². The minimum absolute atomic E-state index is 0.0629. The third-order valence-electron chi connectivity index (χ3n) is 6.77. The Morgan fingerprint density at radius 2 is 1.87 bits per heavy atom. The van der Waals surface area contributed by atoms with Crippen molar-refractivity contribution in [3.63, 3.8) is 0 Å². The fraction of sp³-hybridized carbons (Fsp3) is 0.292. The first-order valence-corrected chi connectivity index (χ1v) is 11.4. The Morgan fingerprint density at radius 3 is 2.68 bits per heavy atom. The second-order valence-corrected chi connectivity index (χ2v) is 9.60. The number of benzene rings is 2. The van der Waals surface area contributed by atoms with Gasteiger partial charge in [-0.1, -0.05) is 36.4 Å². The molecular weight excluding hydrogens is 415 g/mol. The number of rotatable bonds is 1. The summed E-state index contributed by atoms with van der Waals surface area (Å²) in [5.41, 5.74) is 2.66. The van der Waals surface area contributed by atoms with E-state index in [1.165, 1.54) is 23.9 Å². The van der Waals surface area contributed by atoms with Crippen molar-refractivity contribution in [3.05, 3.63) is 88.7 Å². The van der Waals surface area contributed by atoms with Crippen LogP contribution in [0.2, 0.25) is 0 Å². The summed E-state index contributed by atoms with van der Waals surface area (Å²) < 4.78 is 14.9. The first-order valence-electron chi connectivity index (χ1n) is 10.4. The van der Waals surface area contributed by atoms with E-state index in [0.717, 1.165) is 29.5 Å². The molecule has 0 saturated heterocycles. The largest absolute Gasteiger partial charge is 0.509 e.